The second-order valence-corrected chi connectivity index (χ2v) is 6.14. The van der Waals surface area contributed by atoms with E-state index >= 15 is 0 Å². The topological polar surface area (TPSA) is 71.0 Å². The Morgan fingerprint density at radius 3 is 2.54 bits per heavy atom. The van der Waals surface area contributed by atoms with Gasteiger partial charge in [0.25, 0.3) is 5.91 Å². The number of aromatic nitrogens is 1. The molecule has 1 N–H and O–H groups in total. The lowest BCUT2D eigenvalue weighted by molar-refractivity contribution is 0.0932. The Bertz CT molecular complexity index is 918. The molecule has 5 heteroatoms. The van der Waals surface area contributed by atoms with Crippen molar-refractivity contribution >= 4 is 5.91 Å². The van der Waals surface area contributed by atoms with Gasteiger partial charge < -0.3 is 9.73 Å². The summed E-state index contributed by atoms with van der Waals surface area (Å²) in [4.78, 5) is 13.0. The minimum Gasteiger partial charge on any atom is -0.443 e. The smallest absolute Gasteiger partial charge is 0.256 e. The number of nitrogens with zero attached hydrogens (tertiary/aromatic N) is 2. The maximum Gasteiger partial charge on any atom is 0.256 e. The van der Waals surface area contributed by atoms with Crippen LogP contribution in [0.5, 0.6) is 0 Å². The third kappa shape index (κ3) is 3.40. The SMILES string of the molecule is CCC[C@@H](NC(=O)c1c(C)oc(-n2cccc2)c1C#N)c1ccccc1. The standard InChI is InChI=1S/C21H21N3O2/c1-3-9-18(16-10-5-4-6-11-16)23-20(25)19-15(2)26-21(17(19)14-22)24-12-7-8-13-24/h4-8,10-13,18H,3,9H2,1-2H3,(H,23,25)/t18-/m1/s1. The van der Waals surface area contributed by atoms with Crippen LogP contribution in [0.25, 0.3) is 5.88 Å². The van der Waals surface area contributed by atoms with Gasteiger partial charge in [-0.05, 0) is 31.0 Å². The van der Waals surface area contributed by atoms with Crippen LogP contribution in [0, 0.1) is 18.3 Å². The molecule has 0 aliphatic rings. The van der Waals surface area contributed by atoms with Gasteiger partial charge in [-0.25, -0.2) is 0 Å². The molecule has 132 valence electrons. The van der Waals surface area contributed by atoms with Crippen molar-refractivity contribution in [3.05, 3.63) is 77.3 Å². The van der Waals surface area contributed by atoms with Gasteiger partial charge in [0.15, 0.2) is 0 Å². The summed E-state index contributed by atoms with van der Waals surface area (Å²) in [7, 11) is 0. The van der Waals surface area contributed by atoms with Crippen LogP contribution in [0.4, 0.5) is 0 Å². The van der Waals surface area contributed by atoms with E-state index in [2.05, 4.69) is 18.3 Å². The number of hydrogen-bond donors (Lipinski definition) is 1. The number of amides is 1. The lowest BCUT2D eigenvalue weighted by Gasteiger charge is -2.18. The molecule has 26 heavy (non-hydrogen) atoms. The van der Waals surface area contributed by atoms with Crippen molar-refractivity contribution in [1.29, 1.82) is 5.26 Å². The van der Waals surface area contributed by atoms with Crippen molar-refractivity contribution in [3.8, 4) is 12.0 Å². The molecule has 3 rings (SSSR count). The Balaban J connectivity index is 1.93. The summed E-state index contributed by atoms with van der Waals surface area (Å²) in [5.74, 6) is 0.515. The second-order valence-electron chi connectivity index (χ2n) is 6.14. The molecule has 1 aromatic carbocycles. The highest BCUT2D eigenvalue weighted by molar-refractivity contribution is 5.98. The Morgan fingerprint density at radius 1 is 1.23 bits per heavy atom. The van der Waals surface area contributed by atoms with Gasteiger partial charge in [0, 0.05) is 12.4 Å². The van der Waals surface area contributed by atoms with Gasteiger partial charge in [-0.15, -0.1) is 0 Å². The first-order valence-corrected chi connectivity index (χ1v) is 8.68. The fourth-order valence-electron chi connectivity index (χ4n) is 3.09. The molecule has 0 aliphatic heterocycles. The normalized spacial score (nSPS) is 11.7. The fourth-order valence-corrected chi connectivity index (χ4v) is 3.09. The zero-order valence-corrected chi connectivity index (χ0v) is 14.9. The molecule has 2 aromatic heterocycles. The first kappa shape index (κ1) is 17.6. The van der Waals surface area contributed by atoms with Gasteiger partial charge >= 0.3 is 0 Å². The van der Waals surface area contributed by atoms with Crippen molar-refractivity contribution in [2.45, 2.75) is 32.7 Å². The van der Waals surface area contributed by atoms with Crippen LogP contribution in [0.15, 0.2) is 59.3 Å². The summed E-state index contributed by atoms with van der Waals surface area (Å²) in [6.45, 7) is 3.79. The molecule has 1 amide bonds. The summed E-state index contributed by atoms with van der Waals surface area (Å²) >= 11 is 0. The first-order chi connectivity index (χ1) is 12.7. The molecular formula is C21H21N3O2. The molecule has 0 bridgehead atoms. The monoisotopic (exact) mass is 347 g/mol. The van der Waals surface area contributed by atoms with Crippen molar-refractivity contribution in [3.63, 3.8) is 0 Å². The Labute approximate surface area is 152 Å². The third-order valence-corrected chi connectivity index (χ3v) is 4.33. The maximum atomic E-state index is 13.0. The molecular weight excluding hydrogens is 326 g/mol. The Kier molecular flexibility index (Phi) is 5.23. The van der Waals surface area contributed by atoms with Gasteiger partial charge in [0.05, 0.1) is 6.04 Å². The third-order valence-electron chi connectivity index (χ3n) is 4.33. The van der Waals surface area contributed by atoms with Crippen molar-refractivity contribution in [2.24, 2.45) is 0 Å². The quantitative estimate of drug-likeness (QED) is 0.712. The molecule has 0 saturated heterocycles. The Hall–Kier alpha value is -3.26. The number of rotatable bonds is 6. The van der Waals surface area contributed by atoms with E-state index in [4.69, 9.17) is 4.42 Å². The van der Waals surface area contributed by atoms with E-state index in [1.165, 1.54) is 0 Å². The molecule has 5 nitrogen and oxygen atoms in total. The van der Waals surface area contributed by atoms with Crippen LogP contribution in [-0.2, 0) is 0 Å². The van der Waals surface area contributed by atoms with E-state index in [-0.39, 0.29) is 17.5 Å². The molecule has 0 fully saturated rings. The van der Waals surface area contributed by atoms with E-state index < -0.39 is 0 Å². The Morgan fingerprint density at radius 2 is 1.92 bits per heavy atom. The van der Waals surface area contributed by atoms with Crippen molar-refractivity contribution < 1.29 is 9.21 Å². The average Bonchev–Trinajstić information content (AvgIpc) is 3.29. The first-order valence-electron chi connectivity index (χ1n) is 8.68. The van der Waals surface area contributed by atoms with Crippen LogP contribution < -0.4 is 5.32 Å². The number of aryl methyl sites for hydroxylation is 1. The van der Waals surface area contributed by atoms with Crippen molar-refractivity contribution in [2.75, 3.05) is 0 Å². The summed E-state index contributed by atoms with van der Waals surface area (Å²) < 4.78 is 7.43. The van der Waals surface area contributed by atoms with E-state index in [1.54, 1.807) is 23.9 Å². The summed E-state index contributed by atoms with van der Waals surface area (Å²) in [6, 6.07) is 15.6. The van der Waals surface area contributed by atoms with E-state index in [0.29, 0.717) is 17.2 Å². The minimum atomic E-state index is -0.288. The highest BCUT2D eigenvalue weighted by Crippen LogP contribution is 2.27. The van der Waals surface area contributed by atoms with Crippen LogP contribution in [0.1, 0.15) is 53.1 Å². The molecule has 3 aromatic rings. The zero-order chi connectivity index (χ0) is 18.5. The van der Waals surface area contributed by atoms with Gasteiger partial charge in [0.2, 0.25) is 5.88 Å². The van der Waals surface area contributed by atoms with Gasteiger partial charge in [-0.2, -0.15) is 5.26 Å². The maximum absolute atomic E-state index is 13.0. The number of carbonyl (C=O) groups excluding carboxylic acids is 1. The van der Waals surface area contributed by atoms with E-state index in [1.807, 2.05) is 42.5 Å². The highest BCUT2D eigenvalue weighted by atomic mass is 16.4. The van der Waals surface area contributed by atoms with Crippen molar-refractivity contribution in [1.82, 2.24) is 9.88 Å². The lowest BCUT2D eigenvalue weighted by Crippen LogP contribution is -2.29. The number of nitrogens with one attached hydrogen (secondary N) is 1. The van der Waals surface area contributed by atoms with Crippen LogP contribution in [0.2, 0.25) is 0 Å². The molecule has 0 unspecified atom stereocenters. The summed E-state index contributed by atoms with van der Waals surface area (Å²) in [6.07, 6.45) is 5.32. The molecule has 0 aliphatic carbocycles. The van der Waals surface area contributed by atoms with Crippen LogP contribution in [0.3, 0.4) is 0 Å². The molecule has 0 radical (unpaired) electrons. The summed E-state index contributed by atoms with van der Waals surface area (Å²) in [5.41, 5.74) is 1.60. The predicted octanol–water partition coefficient (Wildman–Crippen LogP) is 4.52. The molecule has 2 heterocycles. The second kappa shape index (κ2) is 7.75. The fraction of sp³-hybridized carbons (Fsp3) is 0.238. The minimum absolute atomic E-state index is 0.107. The number of benzene rings is 1. The van der Waals surface area contributed by atoms with E-state index in [0.717, 1.165) is 18.4 Å². The number of nitriles is 1. The predicted molar refractivity (Wildman–Crippen MR) is 99.0 cm³/mol. The molecule has 1 atom stereocenters. The van der Waals surface area contributed by atoms with Gasteiger partial charge in [-0.1, -0.05) is 43.7 Å². The van der Waals surface area contributed by atoms with E-state index in [9.17, 15) is 10.1 Å². The highest BCUT2D eigenvalue weighted by Gasteiger charge is 2.26. The average molecular weight is 347 g/mol. The number of carbonyl (C=O) groups is 1. The lowest BCUT2D eigenvalue weighted by atomic mass is 10.0. The van der Waals surface area contributed by atoms with Gasteiger partial charge in [-0.3, -0.25) is 9.36 Å². The largest absolute Gasteiger partial charge is 0.443 e. The number of hydrogen-bond acceptors (Lipinski definition) is 3. The molecule has 0 spiro atoms. The zero-order valence-electron chi connectivity index (χ0n) is 14.9. The van der Waals surface area contributed by atoms with Crippen LogP contribution in [-0.4, -0.2) is 10.5 Å². The van der Waals surface area contributed by atoms with Gasteiger partial charge in [0.1, 0.15) is 23.0 Å². The molecule has 0 saturated carbocycles. The summed E-state index contributed by atoms with van der Waals surface area (Å²) in [5, 5.41) is 12.7. The number of furan rings is 1. The van der Waals surface area contributed by atoms with Crippen LogP contribution >= 0.6 is 0 Å².